The highest BCUT2D eigenvalue weighted by Gasteiger charge is 2.15. The molecule has 0 amide bonds. The van der Waals surface area contributed by atoms with E-state index in [1.807, 2.05) is 18.2 Å². The molecule has 4 heteroatoms. The number of fused-ring (bicyclic) bond motifs is 1. The Balaban J connectivity index is 1.82. The number of hydrogen-bond acceptors (Lipinski definition) is 2. The summed E-state index contributed by atoms with van der Waals surface area (Å²) in [5.74, 6) is -0.519. The van der Waals surface area contributed by atoms with E-state index >= 15 is 0 Å². The lowest BCUT2D eigenvalue weighted by Crippen LogP contribution is -2.06. The Bertz CT molecular complexity index is 684. The van der Waals surface area contributed by atoms with Crippen LogP contribution in [0.15, 0.2) is 36.4 Å². The van der Waals surface area contributed by atoms with Gasteiger partial charge in [-0.2, -0.15) is 0 Å². The Morgan fingerprint density at radius 3 is 2.75 bits per heavy atom. The molecule has 3 rings (SSSR count). The Hall–Kier alpha value is -1.71. The smallest absolute Gasteiger partial charge is 0.167 e. The van der Waals surface area contributed by atoms with E-state index in [2.05, 4.69) is 5.32 Å². The molecule has 0 saturated carbocycles. The van der Waals surface area contributed by atoms with Gasteiger partial charge in [0.15, 0.2) is 5.78 Å². The first-order chi connectivity index (χ1) is 9.63. The molecule has 0 fully saturated rings. The molecule has 1 aliphatic rings. The third kappa shape index (κ3) is 2.60. The number of nitrogens with one attached hydrogen (secondary N) is 1. The Labute approximate surface area is 121 Å². The van der Waals surface area contributed by atoms with Gasteiger partial charge in [0.25, 0.3) is 0 Å². The second-order valence-corrected chi connectivity index (χ2v) is 5.36. The van der Waals surface area contributed by atoms with Gasteiger partial charge in [-0.25, -0.2) is 4.39 Å². The molecule has 0 unspecified atom stereocenters. The quantitative estimate of drug-likeness (QED) is 0.876. The maximum absolute atomic E-state index is 13.7. The molecule has 1 N–H and O–H groups in total. The summed E-state index contributed by atoms with van der Waals surface area (Å²) in [6, 6.07) is 10.1. The third-order valence-corrected chi connectivity index (χ3v) is 3.76. The first kappa shape index (κ1) is 13.3. The molecular weight excluding hydrogens is 277 g/mol. The van der Waals surface area contributed by atoms with E-state index in [4.69, 9.17) is 11.6 Å². The van der Waals surface area contributed by atoms with Gasteiger partial charge in [-0.05, 0) is 34.9 Å². The van der Waals surface area contributed by atoms with E-state index in [9.17, 15) is 9.18 Å². The fraction of sp³-hybridized carbons (Fsp3) is 0.188. The van der Waals surface area contributed by atoms with Crippen molar-refractivity contribution in [1.82, 2.24) is 5.32 Å². The topological polar surface area (TPSA) is 29.1 Å². The number of ketones is 1. The number of Topliss-reactive ketones (excluding diaryl/α,β-unsaturated/α-hetero) is 1. The Morgan fingerprint density at radius 2 is 1.95 bits per heavy atom. The van der Waals surface area contributed by atoms with Gasteiger partial charge < -0.3 is 5.32 Å². The summed E-state index contributed by atoms with van der Waals surface area (Å²) in [6.07, 6.45) is 0.0508. The van der Waals surface area contributed by atoms with Crippen molar-refractivity contribution in [3.63, 3.8) is 0 Å². The number of carbonyl (C=O) groups excluding carboxylic acids is 1. The zero-order valence-electron chi connectivity index (χ0n) is 10.7. The summed E-state index contributed by atoms with van der Waals surface area (Å²) in [5, 5.41) is 3.57. The normalized spacial score (nSPS) is 13.3. The lowest BCUT2D eigenvalue weighted by Gasteiger charge is -2.05. The van der Waals surface area contributed by atoms with Crippen LogP contribution in [-0.4, -0.2) is 5.78 Å². The van der Waals surface area contributed by atoms with Crippen molar-refractivity contribution in [3.05, 3.63) is 69.5 Å². The maximum Gasteiger partial charge on any atom is 0.167 e. The summed E-state index contributed by atoms with van der Waals surface area (Å²) < 4.78 is 13.7. The fourth-order valence-corrected chi connectivity index (χ4v) is 2.57. The molecule has 102 valence electrons. The minimum Gasteiger partial charge on any atom is -0.309 e. The van der Waals surface area contributed by atoms with Crippen LogP contribution in [0.3, 0.4) is 0 Å². The van der Waals surface area contributed by atoms with Crippen molar-refractivity contribution in [2.45, 2.75) is 19.5 Å². The Kier molecular flexibility index (Phi) is 3.55. The average Bonchev–Trinajstić information content (AvgIpc) is 2.89. The number of carbonyl (C=O) groups is 1. The second kappa shape index (κ2) is 5.35. The molecule has 1 heterocycles. The van der Waals surface area contributed by atoms with Crippen LogP contribution < -0.4 is 5.32 Å². The van der Waals surface area contributed by atoms with Gasteiger partial charge in [0, 0.05) is 30.1 Å². The first-order valence-electron chi connectivity index (χ1n) is 6.43. The van der Waals surface area contributed by atoms with Gasteiger partial charge in [-0.15, -0.1) is 0 Å². The van der Waals surface area contributed by atoms with E-state index in [1.54, 1.807) is 12.1 Å². The van der Waals surface area contributed by atoms with Gasteiger partial charge in [0.1, 0.15) is 5.82 Å². The molecule has 0 atom stereocenters. The van der Waals surface area contributed by atoms with Crippen LogP contribution in [0.4, 0.5) is 4.39 Å². The molecular formula is C16H13ClFNO. The molecule has 0 spiro atoms. The molecule has 0 aliphatic carbocycles. The van der Waals surface area contributed by atoms with Crippen LogP contribution >= 0.6 is 11.6 Å². The van der Waals surface area contributed by atoms with E-state index in [0.717, 1.165) is 18.7 Å². The summed E-state index contributed by atoms with van der Waals surface area (Å²) in [6.45, 7) is 1.63. The van der Waals surface area contributed by atoms with Gasteiger partial charge in [-0.3, -0.25) is 4.79 Å². The zero-order chi connectivity index (χ0) is 14.1. The molecule has 0 bridgehead atoms. The largest absolute Gasteiger partial charge is 0.309 e. The summed E-state index contributed by atoms with van der Waals surface area (Å²) in [4.78, 5) is 12.2. The molecule has 0 saturated heterocycles. The van der Waals surface area contributed by atoms with Crippen molar-refractivity contribution >= 4 is 17.4 Å². The van der Waals surface area contributed by atoms with Crippen LogP contribution in [0.5, 0.6) is 0 Å². The molecule has 20 heavy (non-hydrogen) atoms. The van der Waals surface area contributed by atoms with Crippen molar-refractivity contribution in [3.8, 4) is 0 Å². The van der Waals surface area contributed by atoms with Gasteiger partial charge in [0.2, 0.25) is 0 Å². The minimum absolute atomic E-state index is 0.0508. The van der Waals surface area contributed by atoms with E-state index in [-0.39, 0.29) is 12.2 Å². The maximum atomic E-state index is 13.7. The molecule has 0 radical (unpaired) electrons. The summed E-state index contributed by atoms with van der Waals surface area (Å²) in [7, 11) is 0. The predicted molar refractivity (Wildman–Crippen MR) is 76.4 cm³/mol. The highest BCUT2D eigenvalue weighted by Crippen LogP contribution is 2.20. The summed E-state index contributed by atoms with van der Waals surface area (Å²) in [5.41, 5.74) is 3.37. The van der Waals surface area contributed by atoms with Gasteiger partial charge in [0.05, 0.1) is 0 Å². The first-order valence-corrected chi connectivity index (χ1v) is 6.81. The minimum atomic E-state index is -0.436. The highest BCUT2D eigenvalue weighted by atomic mass is 35.5. The SMILES string of the molecule is O=C(Cc1ccc(Cl)cc1F)c1ccc2c(c1)CNC2. The number of rotatable bonds is 3. The van der Waals surface area contributed by atoms with Crippen molar-refractivity contribution in [2.75, 3.05) is 0 Å². The monoisotopic (exact) mass is 289 g/mol. The standard InChI is InChI=1S/C16H13ClFNO/c17-14-4-3-10(15(18)7-14)6-16(20)11-1-2-12-8-19-9-13(12)5-11/h1-5,7,19H,6,8-9H2. The highest BCUT2D eigenvalue weighted by molar-refractivity contribution is 6.30. The van der Waals surface area contributed by atoms with Gasteiger partial charge in [-0.1, -0.05) is 29.8 Å². The van der Waals surface area contributed by atoms with E-state index in [0.29, 0.717) is 16.1 Å². The Morgan fingerprint density at radius 1 is 1.15 bits per heavy atom. The predicted octanol–water partition coefficient (Wildman–Crippen LogP) is 3.51. The number of benzene rings is 2. The molecule has 1 aliphatic heterocycles. The average molecular weight is 290 g/mol. The molecule has 2 aromatic rings. The molecule has 2 nitrogen and oxygen atoms in total. The summed E-state index contributed by atoms with van der Waals surface area (Å²) >= 11 is 5.70. The van der Waals surface area contributed by atoms with Crippen LogP contribution in [0.2, 0.25) is 5.02 Å². The van der Waals surface area contributed by atoms with Crippen LogP contribution in [0.25, 0.3) is 0 Å². The molecule has 0 aromatic heterocycles. The second-order valence-electron chi connectivity index (χ2n) is 4.92. The lowest BCUT2D eigenvalue weighted by molar-refractivity contribution is 0.0991. The van der Waals surface area contributed by atoms with E-state index in [1.165, 1.54) is 11.6 Å². The number of hydrogen-bond donors (Lipinski definition) is 1. The van der Waals surface area contributed by atoms with Gasteiger partial charge >= 0.3 is 0 Å². The van der Waals surface area contributed by atoms with Crippen molar-refractivity contribution < 1.29 is 9.18 Å². The number of halogens is 2. The van der Waals surface area contributed by atoms with Crippen LogP contribution in [0, 0.1) is 5.82 Å². The fourth-order valence-electron chi connectivity index (χ4n) is 2.41. The van der Waals surface area contributed by atoms with Crippen LogP contribution in [-0.2, 0) is 19.5 Å². The zero-order valence-corrected chi connectivity index (χ0v) is 11.5. The molecule has 2 aromatic carbocycles. The lowest BCUT2D eigenvalue weighted by atomic mass is 9.99. The van der Waals surface area contributed by atoms with E-state index < -0.39 is 5.82 Å². The van der Waals surface area contributed by atoms with Crippen LogP contribution in [0.1, 0.15) is 27.0 Å². The third-order valence-electron chi connectivity index (χ3n) is 3.53. The van der Waals surface area contributed by atoms with Crippen molar-refractivity contribution in [1.29, 1.82) is 0 Å². The van der Waals surface area contributed by atoms with Crippen molar-refractivity contribution in [2.24, 2.45) is 0 Å².